The van der Waals surface area contributed by atoms with Gasteiger partial charge in [-0.3, -0.25) is 4.68 Å². The zero-order chi connectivity index (χ0) is 13.9. The molecule has 4 heteroatoms. The summed E-state index contributed by atoms with van der Waals surface area (Å²) in [7, 11) is 1.95. The van der Waals surface area contributed by atoms with E-state index in [1.54, 1.807) is 0 Å². The van der Waals surface area contributed by atoms with Crippen LogP contribution in [0.2, 0.25) is 0 Å². The lowest BCUT2D eigenvalue weighted by Gasteiger charge is -2.22. The first-order chi connectivity index (χ1) is 8.25. The molecule has 4 nitrogen and oxygen atoms in total. The topological polar surface area (TPSA) is 50.1 Å². The fourth-order valence-electron chi connectivity index (χ4n) is 2.05. The fraction of sp³-hybridized carbons (Fsp3) is 0.786. The second-order valence-electron chi connectivity index (χ2n) is 6.34. The van der Waals surface area contributed by atoms with E-state index >= 15 is 0 Å². The summed E-state index contributed by atoms with van der Waals surface area (Å²) in [6, 6.07) is 0.137. The molecule has 1 heterocycles. The van der Waals surface area contributed by atoms with Gasteiger partial charge in [0.15, 0.2) is 0 Å². The largest absolute Gasteiger partial charge is 0.395 e. The van der Waals surface area contributed by atoms with Gasteiger partial charge in [-0.25, -0.2) is 0 Å². The Morgan fingerprint density at radius 1 is 1.39 bits per heavy atom. The molecule has 1 rings (SSSR count). The lowest BCUT2D eigenvalue weighted by Crippen LogP contribution is -2.36. The van der Waals surface area contributed by atoms with Crippen LogP contribution in [-0.2, 0) is 19.0 Å². The molecule has 0 aliphatic heterocycles. The van der Waals surface area contributed by atoms with Crippen molar-refractivity contribution in [2.24, 2.45) is 13.0 Å². The SMILES string of the molecule is CC(C)[C@@H](CO)NCc1cn(C)nc1C(C)(C)C. The second kappa shape index (κ2) is 5.85. The van der Waals surface area contributed by atoms with Crippen LogP contribution in [0.5, 0.6) is 0 Å². The molecule has 1 aromatic heterocycles. The van der Waals surface area contributed by atoms with Crippen LogP contribution < -0.4 is 5.32 Å². The summed E-state index contributed by atoms with van der Waals surface area (Å²) in [6.07, 6.45) is 2.06. The minimum Gasteiger partial charge on any atom is -0.395 e. The molecule has 0 fully saturated rings. The van der Waals surface area contributed by atoms with Crippen LogP contribution >= 0.6 is 0 Å². The average molecular weight is 253 g/mol. The summed E-state index contributed by atoms with van der Waals surface area (Å²) < 4.78 is 1.86. The molecule has 18 heavy (non-hydrogen) atoms. The summed E-state index contributed by atoms with van der Waals surface area (Å²) in [6.45, 7) is 11.7. The Bertz CT molecular complexity index is 377. The average Bonchev–Trinajstić information content (AvgIpc) is 2.59. The van der Waals surface area contributed by atoms with Gasteiger partial charge in [-0.15, -0.1) is 0 Å². The van der Waals surface area contributed by atoms with Crippen molar-refractivity contribution in [3.63, 3.8) is 0 Å². The Labute approximate surface area is 110 Å². The number of aryl methyl sites for hydroxylation is 1. The van der Waals surface area contributed by atoms with Crippen molar-refractivity contribution in [1.29, 1.82) is 0 Å². The molecule has 0 saturated heterocycles. The van der Waals surface area contributed by atoms with Gasteiger partial charge in [0.2, 0.25) is 0 Å². The van der Waals surface area contributed by atoms with E-state index in [1.165, 1.54) is 5.56 Å². The molecular formula is C14H27N3O. The third-order valence-corrected chi connectivity index (χ3v) is 3.17. The highest BCUT2D eigenvalue weighted by Gasteiger charge is 2.22. The molecule has 0 amide bonds. The smallest absolute Gasteiger partial charge is 0.0722 e. The lowest BCUT2D eigenvalue weighted by atomic mass is 9.89. The molecule has 0 aromatic carbocycles. The van der Waals surface area contributed by atoms with Crippen LogP contribution in [0.4, 0.5) is 0 Å². The predicted octanol–water partition coefficient (Wildman–Crippen LogP) is 1.82. The van der Waals surface area contributed by atoms with Gasteiger partial charge in [-0.05, 0) is 5.92 Å². The third kappa shape index (κ3) is 3.82. The van der Waals surface area contributed by atoms with Crippen molar-refractivity contribution in [1.82, 2.24) is 15.1 Å². The van der Waals surface area contributed by atoms with E-state index in [2.05, 4.69) is 51.2 Å². The monoisotopic (exact) mass is 253 g/mol. The number of aliphatic hydroxyl groups excluding tert-OH is 1. The van der Waals surface area contributed by atoms with Crippen LogP contribution in [-0.4, -0.2) is 27.5 Å². The van der Waals surface area contributed by atoms with E-state index in [4.69, 9.17) is 0 Å². The molecule has 0 aliphatic carbocycles. The lowest BCUT2D eigenvalue weighted by molar-refractivity contribution is 0.210. The molecule has 0 aliphatic rings. The molecule has 0 saturated carbocycles. The minimum atomic E-state index is 0.0464. The van der Waals surface area contributed by atoms with Gasteiger partial charge in [-0.2, -0.15) is 5.10 Å². The van der Waals surface area contributed by atoms with Crippen molar-refractivity contribution >= 4 is 0 Å². The van der Waals surface area contributed by atoms with Crippen LogP contribution in [0.25, 0.3) is 0 Å². The Balaban J connectivity index is 2.79. The molecule has 0 radical (unpaired) electrons. The van der Waals surface area contributed by atoms with Gasteiger partial charge < -0.3 is 10.4 Å². The zero-order valence-corrected chi connectivity index (χ0v) is 12.5. The zero-order valence-electron chi connectivity index (χ0n) is 12.5. The van der Waals surface area contributed by atoms with Crippen molar-refractivity contribution in [3.05, 3.63) is 17.5 Å². The van der Waals surface area contributed by atoms with Crippen LogP contribution in [0, 0.1) is 5.92 Å². The maximum absolute atomic E-state index is 9.33. The fourth-order valence-corrected chi connectivity index (χ4v) is 2.05. The van der Waals surface area contributed by atoms with Crippen molar-refractivity contribution < 1.29 is 5.11 Å². The predicted molar refractivity (Wildman–Crippen MR) is 74.5 cm³/mol. The summed E-state index contributed by atoms with van der Waals surface area (Å²) in [5, 5.41) is 17.3. The van der Waals surface area contributed by atoms with E-state index in [0.717, 1.165) is 12.2 Å². The highest BCUT2D eigenvalue weighted by atomic mass is 16.3. The number of nitrogens with zero attached hydrogens (tertiary/aromatic N) is 2. The van der Waals surface area contributed by atoms with Gasteiger partial charge >= 0.3 is 0 Å². The molecule has 0 bridgehead atoms. The van der Waals surface area contributed by atoms with Gasteiger partial charge in [0.1, 0.15) is 0 Å². The van der Waals surface area contributed by atoms with Crippen molar-refractivity contribution in [2.45, 2.75) is 52.6 Å². The number of aliphatic hydroxyl groups is 1. The van der Waals surface area contributed by atoms with Crippen molar-refractivity contribution in [2.75, 3.05) is 6.61 Å². The third-order valence-electron chi connectivity index (χ3n) is 3.17. The van der Waals surface area contributed by atoms with Crippen LogP contribution in [0.1, 0.15) is 45.9 Å². The van der Waals surface area contributed by atoms with Gasteiger partial charge in [0, 0.05) is 36.8 Å². The van der Waals surface area contributed by atoms with Gasteiger partial charge in [0.25, 0.3) is 0 Å². The quantitative estimate of drug-likeness (QED) is 0.841. The number of hydrogen-bond donors (Lipinski definition) is 2. The minimum absolute atomic E-state index is 0.0464. The van der Waals surface area contributed by atoms with Crippen molar-refractivity contribution in [3.8, 4) is 0 Å². The summed E-state index contributed by atoms with van der Waals surface area (Å²) in [5.41, 5.74) is 2.38. The Kier molecular flexibility index (Phi) is 4.93. The standard InChI is InChI=1S/C14H27N3O/c1-10(2)12(9-18)15-7-11-8-17(6)16-13(11)14(3,4)5/h8,10,12,15,18H,7,9H2,1-6H3/t12-/m1/s1. The van der Waals surface area contributed by atoms with Gasteiger partial charge in [-0.1, -0.05) is 34.6 Å². The van der Waals surface area contributed by atoms with E-state index in [9.17, 15) is 5.11 Å². The first-order valence-corrected chi connectivity index (χ1v) is 6.63. The molecule has 1 aromatic rings. The summed E-state index contributed by atoms with van der Waals surface area (Å²) in [4.78, 5) is 0. The van der Waals surface area contributed by atoms with Crippen LogP contribution in [0.15, 0.2) is 6.20 Å². The van der Waals surface area contributed by atoms with E-state index in [-0.39, 0.29) is 18.1 Å². The number of hydrogen-bond acceptors (Lipinski definition) is 3. The number of rotatable bonds is 5. The Hall–Kier alpha value is -0.870. The molecule has 0 unspecified atom stereocenters. The number of aromatic nitrogens is 2. The highest BCUT2D eigenvalue weighted by Crippen LogP contribution is 2.24. The second-order valence-corrected chi connectivity index (χ2v) is 6.34. The summed E-state index contributed by atoms with van der Waals surface area (Å²) >= 11 is 0. The molecule has 104 valence electrons. The maximum Gasteiger partial charge on any atom is 0.0722 e. The number of nitrogens with one attached hydrogen (secondary N) is 1. The normalized spacial score (nSPS) is 14.2. The van der Waals surface area contributed by atoms with Crippen LogP contribution in [0.3, 0.4) is 0 Å². The van der Waals surface area contributed by atoms with E-state index < -0.39 is 0 Å². The van der Waals surface area contributed by atoms with E-state index in [1.807, 2.05) is 11.7 Å². The molecular weight excluding hydrogens is 226 g/mol. The highest BCUT2D eigenvalue weighted by molar-refractivity contribution is 5.23. The first kappa shape index (κ1) is 15.2. The Morgan fingerprint density at radius 2 is 2.00 bits per heavy atom. The van der Waals surface area contributed by atoms with Gasteiger partial charge in [0.05, 0.1) is 12.3 Å². The first-order valence-electron chi connectivity index (χ1n) is 6.63. The maximum atomic E-state index is 9.33. The molecule has 0 spiro atoms. The van der Waals surface area contributed by atoms with E-state index in [0.29, 0.717) is 5.92 Å². The summed E-state index contributed by atoms with van der Waals surface area (Å²) in [5.74, 6) is 0.421. The molecule has 2 N–H and O–H groups in total. The molecule has 1 atom stereocenters. The Morgan fingerprint density at radius 3 is 2.44 bits per heavy atom.